The summed E-state index contributed by atoms with van der Waals surface area (Å²) in [5, 5.41) is 0. The lowest BCUT2D eigenvalue weighted by molar-refractivity contribution is 0.348. The Labute approximate surface area is 102 Å². The van der Waals surface area contributed by atoms with Crippen molar-refractivity contribution in [3.63, 3.8) is 0 Å². The van der Waals surface area contributed by atoms with Gasteiger partial charge in [-0.15, -0.1) is 0 Å². The van der Waals surface area contributed by atoms with Crippen LogP contribution in [0, 0.1) is 0 Å². The summed E-state index contributed by atoms with van der Waals surface area (Å²) >= 11 is 0. The molecule has 1 aliphatic heterocycles. The van der Waals surface area contributed by atoms with Crippen molar-refractivity contribution in [2.45, 2.75) is 26.2 Å². The lowest BCUT2D eigenvalue weighted by Gasteiger charge is -2.22. The highest BCUT2D eigenvalue weighted by atomic mass is 16.5. The molecule has 0 aliphatic carbocycles. The van der Waals surface area contributed by atoms with Crippen LogP contribution in [0.1, 0.15) is 31.9 Å². The van der Waals surface area contributed by atoms with E-state index in [1.165, 1.54) is 5.56 Å². The van der Waals surface area contributed by atoms with Crippen LogP contribution >= 0.6 is 0 Å². The molecule has 0 saturated heterocycles. The van der Waals surface area contributed by atoms with Crippen LogP contribution in [0.5, 0.6) is 5.75 Å². The molecule has 0 fully saturated rings. The molecule has 1 heterocycles. The molecule has 3 heteroatoms. The Kier molecular flexibility index (Phi) is 3.09. The lowest BCUT2D eigenvalue weighted by Crippen LogP contribution is -2.14. The normalized spacial score (nSPS) is 15.4. The van der Waals surface area contributed by atoms with E-state index in [9.17, 15) is 0 Å². The number of benzene rings is 1. The monoisotopic (exact) mass is 233 g/mol. The Bertz CT molecular complexity index is 444. The molecule has 1 aromatic rings. The molecule has 1 aromatic carbocycles. The van der Waals surface area contributed by atoms with Crippen LogP contribution in [0.3, 0.4) is 0 Å². The fraction of sp³-hybridized carbons (Fsp3) is 0.500. The molecule has 0 aromatic heterocycles. The summed E-state index contributed by atoms with van der Waals surface area (Å²) in [6.45, 7) is 7.96. The van der Waals surface area contributed by atoms with Gasteiger partial charge in [-0.05, 0) is 23.6 Å². The van der Waals surface area contributed by atoms with E-state index >= 15 is 0 Å². The Morgan fingerprint density at radius 2 is 2.06 bits per heavy atom. The number of aliphatic imine (C=N–C) groups is 1. The molecular formula is C14H19NO2. The molecule has 0 atom stereocenters. The molecule has 0 spiro atoms. The molecule has 17 heavy (non-hydrogen) atoms. The number of hydrogen-bond acceptors (Lipinski definition) is 3. The van der Waals surface area contributed by atoms with E-state index in [2.05, 4.69) is 31.8 Å². The summed E-state index contributed by atoms with van der Waals surface area (Å²) < 4.78 is 10.9. The minimum atomic E-state index is 0.0422. The lowest BCUT2D eigenvalue weighted by atomic mass is 9.85. The van der Waals surface area contributed by atoms with Crippen molar-refractivity contribution in [1.82, 2.24) is 0 Å². The first-order chi connectivity index (χ1) is 8.02. The maximum Gasteiger partial charge on any atom is 0.216 e. The van der Waals surface area contributed by atoms with Crippen LogP contribution in [0.15, 0.2) is 23.2 Å². The molecule has 0 saturated carbocycles. The Morgan fingerprint density at radius 3 is 2.59 bits per heavy atom. The first-order valence-electron chi connectivity index (χ1n) is 5.88. The van der Waals surface area contributed by atoms with Crippen LogP contribution < -0.4 is 4.74 Å². The van der Waals surface area contributed by atoms with Crippen LogP contribution in [0.25, 0.3) is 0 Å². The zero-order valence-electron chi connectivity index (χ0n) is 10.9. The molecule has 0 amide bonds. The van der Waals surface area contributed by atoms with Crippen LogP contribution in [-0.2, 0) is 10.2 Å². The maximum absolute atomic E-state index is 5.49. The average Bonchev–Trinajstić information content (AvgIpc) is 2.80. The topological polar surface area (TPSA) is 30.8 Å². The first-order valence-corrected chi connectivity index (χ1v) is 5.88. The highest BCUT2D eigenvalue weighted by Gasteiger charge is 2.21. The van der Waals surface area contributed by atoms with E-state index in [0.717, 1.165) is 23.8 Å². The predicted octanol–water partition coefficient (Wildman–Crippen LogP) is 2.77. The van der Waals surface area contributed by atoms with E-state index in [1.54, 1.807) is 7.11 Å². The summed E-state index contributed by atoms with van der Waals surface area (Å²) in [6.07, 6.45) is 0. The zero-order chi connectivity index (χ0) is 12.5. The van der Waals surface area contributed by atoms with Gasteiger partial charge in [-0.2, -0.15) is 0 Å². The van der Waals surface area contributed by atoms with E-state index in [4.69, 9.17) is 9.47 Å². The number of rotatable bonds is 2. The quantitative estimate of drug-likeness (QED) is 0.786. The third-order valence-electron chi connectivity index (χ3n) is 2.84. The molecular weight excluding hydrogens is 214 g/mol. The molecule has 1 aliphatic rings. The molecule has 0 N–H and O–H groups in total. The Morgan fingerprint density at radius 1 is 1.29 bits per heavy atom. The fourth-order valence-electron chi connectivity index (χ4n) is 1.94. The van der Waals surface area contributed by atoms with E-state index in [-0.39, 0.29) is 5.41 Å². The second-order valence-corrected chi connectivity index (χ2v) is 5.20. The first kappa shape index (κ1) is 12.0. The number of hydrogen-bond donors (Lipinski definition) is 0. The number of methoxy groups -OCH3 is 1. The predicted molar refractivity (Wildman–Crippen MR) is 69.1 cm³/mol. The van der Waals surface area contributed by atoms with Gasteiger partial charge in [0.25, 0.3) is 0 Å². The Balaban J connectivity index is 2.45. The number of ether oxygens (including phenoxy) is 2. The third kappa shape index (κ3) is 2.43. The summed E-state index contributed by atoms with van der Waals surface area (Å²) in [7, 11) is 1.70. The highest BCUT2D eigenvalue weighted by Crippen LogP contribution is 2.32. The highest BCUT2D eigenvalue weighted by molar-refractivity contribution is 5.95. The summed E-state index contributed by atoms with van der Waals surface area (Å²) in [5.41, 5.74) is 2.25. The van der Waals surface area contributed by atoms with Gasteiger partial charge in [0.1, 0.15) is 12.4 Å². The van der Waals surface area contributed by atoms with Crippen LogP contribution in [0.4, 0.5) is 0 Å². The largest absolute Gasteiger partial charge is 0.496 e. The summed E-state index contributed by atoms with van der Waals surface area (Å²) in [4.78, 5) is 4.34. The van der Waals surface area contributed by atoms with Gasteiger partial charge in [-0.3, -0.25) is 0 Å². The molecule has 3 nitrogen and oxygen atoms in total. The van der Waals surface area contributed by atoms with E-state index < -0.39 is 0 Å². The zero-order valence-corrected chi connectivity index (χ0v) is 10.9. The van der Waals surface area contributed by atoms with Gasteiger partial charge in [-0.25, -0.2) is 4.99 Å². The summed E-state index contributed by atoms with van der Waals surface area (Å²) in [5.74, 6) is 1.66. The van der Waals surface area contributed by atoms with Crippen molar-refractivity contribution in [2.75, 3.05) is 20.3 Å². The molecule has 0 radical (unpaired) electrons. The van der Waals surface area contributed by atoms with Crippen LogP contribution in [-0.4, -0.2) is 26.2 Å². The SMILES string of the molecule is COc1ccc(C2=NCCO2)cc1C(C)(C)C. The van der Waals surface area contributed by atoms with Gasteiger partial charge < -0.3 is 9.47 Å². The minimum Gasteiger partial charge on any atom is -0.496 e. The molecule has 92 valence electrons. The third-order valence-corrected chi connectivity index (χ3v) is 2.84. The van der Waals surface area contributed by atoms with Crippen molar-refractivity contribution < 1.29 is 9.47 Å². The van der Waals surface area contributed by atoms with Gasteiger partial charge in [0.15, 0.2) is 0 Å². The van der Waals surface area contributed by atoms with Crippen molar-refractivity contribution in [2.24, 2.45) is 4.99 Å². The van der Waals surface area contributed by atoms with Gasteiger partial charge in [-0.1, -0.05) is 20.8 Å². The smallest absolute Gasteiger partial charge is 0.216 e. The fourth-order valence-corrected chi connectivity index (χ4v) is 1.94. The second-order valence-electron chi connectivity index (χ2n) is 5.20. The van der Waals surface area contributed by atoms with Crippen LogP contribution in [0.2, 0.25) is 0 Å². The molecule has 0 unspecified atom stereocenters. The molecule has 0 bridgehead atoms. The molecule has 2 rings (SSSR count). The van der Waals surface area contributed by atoms with E-state index in [0.29, 0.717) is 6.61 Å². The van der Waals surface area contributed by atoms with Gasteiger partial charge in [0.2, 0.25) is 5.90 Å². The standard InChI is InChI=1S/C14H19NO2/c1-14(2,3)11-9-10(5-6-12(11)16-4)13-15-7-8-17-13/h5-6,9H,7-8H2,1-4H3. The van der Waals surface area contributed by atoms with Gasteiger partial charge in [0, 0.05) is 11.1 Å². The second kappa shape index (κ2) is 4.40. The van der Waals surface area contributed by atoms with Gasteiger partial charge in [0.05, 0.1) is 13.7 Å². The summed E-state index contributed by atoms with van der Waals surface area (Å²) in [6, 6.07) is 6.10. The van der Waals surface area contributed by atoms with Crippen molar-refractivity contribution in [3.05, 3.63) is 29.3 Å². The minimum absolute atomic E-state index is 0.0422. The number of nitrogens with zero attached hydrogens (tertiary/aromatic N) is 1. The van der Waals surface area contributed by atoms with Crippen molar-refractivity contribution >= 4 is 5.90 Å². The Hall–Kier alpha value is -1.51. The average molecular weight is 233 g/mol. The maximum atomic E-state index is 5.49. The van der Waals surface area contributed by atoms with Crippen molar-refractivity contribution in [1.29, 1.82) is 0 Å². The van der Waals surface area contributed by atoms with Gasteiger partial charge >= 0.3 is 0 Å². The van der Waals surface area contributed by atoms with E-state index in [1.807, 2.05) is 12.1 Å². The van der Waals surface area contributed by atoms with Crippen molar-refractivity contribution in [3.8, 4) is 5.75 Å².